The van der Waals surface area contributed by atoms with Crippen LogP contribution in [0, 0.1) is 12.3 Å². The van der Waals surface area contributed by atoms with Crippen LogP contribution in [0.3, 0.4) is 0 Å². The molecule has 0 spiro atoms. The van der Waals surface area contributed by atoms with Crippen LogP contribution >= 0.6 is 0 Å². The van der Waals surface area contributed by atoms with E-state index in [1.807, 2.05) is 0 Å². The first-order valence-electron chi connectivity index (χ1n) is 1.91. The van der Waals surface area contributed by atoms with Crippen LogP contribution in [0.25, 0.3) is 5.32 Å². The molecular formula is C4H5N2O2. The predicted molar refractivity (Wildman–Crippen MR) is 27.0 cm³/mol. The van der Waals surface area contributed by atoms with Gasteiger partial charge < -0.3 is 5.32 Å². The number of nitrogens with zero attached hydrogens (tertiary/aromatic N) is 1. The second kappa shape index (κ2) is 2.90. The number of hydrogen-bond acceptors (Lipinski definition) is 2. The van der Waals surface area contributed by atoms with Crippen LogP contribution in [0.1, 0.15) is 0 Å². The van der Waals surface area contributed by atoms with Gasteiger partial charge in [0, 0.05) is 0 Å². The van der Waals surface area contributed by atoms with Crippen LogP contribution in [0.5, 0.6) is 0 Å². The highest BCUT2D eigenvalue weighted by molar-refractivity contribution is 5.96. The first kappa shape index (κ1) is 6.81. The van der Waals surface area contributed by atoms with Gasteiger partial charge in [-0.2, -0.15) is 0 Å². The van der Waals surface area contributed by atoms with E-state index in [0.29, 0.717) is 0 Å². The first-order valence-corrected chi connectivity index (χ1v) is 1.91. The number of hydrogen-bond donors (Lipinski definition) is 1. The molecule has 0 aliphatic carbocycles. The van der Waals surface area contributed by atoms with Crippen molar-refractivity contribution in [2.75, 3.05) is 6.54 Å². The second-order valence-electron chi connectivity index (χ2n) is 1.13. The van der Waals surface area contributed by atoms with Gasteiger partial charge in [-0.15, -0.1) is 0 Å². The zero-order valence-electron chi connectivity index (χ0n) is 4.18. The first-order chi connectivity index (χ1) is 3.63. The van der Waals surface area contributed by atoms with Crippen LogP contribution < -0.4 is 0 Å². The minimum atomic E-state index is -0.873. The van der Waals surface area contributed by atoms with E-state index in [2.05, 4.69) is 12.2 Å². The largest absolute Gasteiger partial charge is 0.603 e. The summed E-state index contributed by atoms with van der Waals surface area (Å²) in [4.78, 5) is 9.83. The molecule has 1 amide bonds. The highest BCUT2D eigenvalue weighted by Gasteiger charge is 1.86. The molecule has 0 atom stereocenters. The van der Waals surface area contributed by atoms with Crippen LogP contribution in [0.4, 0.5) is 0 Å². The normalized spacial score (nSPS) is 8.00. The Labute approximate surface area is 47.0 Å². The van der Waals surface area contributed by atoms with E-state index in [0.717, 1.165) is 0 Å². The van der Waals surface area contributed by atoms with Crippen molar-refractivity contribution < 1.29 is 9.90 Å². The molecule has 0 aliphatic heterocycles. The molecule has 1 radical (unpaired) electrons. The minimum Gasteiger partial charge on any atom is -0.603 e. The highest BCUT2D eigenvalue weighted by atomic mass is 16.3. The number of nitrogens with one attached hydrogen (secondary N) is 1. The Morgan fingerprint density at radius 3 is 2.38 bits per heavy atom. The van der Waals surface area contributed by atoms with Gasteiger partial charge >= 0.3 is 0 Å². The molecule has 0 heterocycles. The lowest BCUT2D eigenvalue weighted by molar-refractivity contribution is -0.111. The standard InChI is InChI=1S/C4H5N2O2/c1-3(7)6-2-4(5)8/h5H,1-2H2. The van der Waals surface area contributed by atoms with E-state index in [1.165, 1.54) is 0 Å². The Kier molecular flexibility index (Phi) is 2.47. The zero-order valence-corrected chi connectivity index (χ0v) is 4.18. The van der Waals surface area contributed by atoms with Crippen molar-refractivity contribution in [1.82, 2.24) is 0 Å². The quantitative estimate of drug-likeness (QED) is 0.308. The predicted octanol–water partition coefficient (Wildman–Crippen LogP) is 0.129. The van der Waals surface area contributed by atoms with E-state index in [9.17, 15) is 9.90 Å². The van der Waals surface area contributed by atoms with Crippen molar-refractivity contribution in [3.8, 4) is 0 Å². The van der Waals surface area contributed by atoms with Crippen molar-refractivity contribution >= 4 is 11.8 Å². The summed E-state index contributed by atoms with van der Waals surface area (Å²) in [5, 5.41) is 19.0. The summed E-state index contributed by atoms with van der Waals surface area (Å²) >= 11 is 0. The van der Waals surface area contributed by atoms with Gasteiger partial charge in [-0.05, 0) is 6.54 Å². The van der Waals surface area contributed by atoms with Crippen molar-refractivity contribution in [3.05, 3.63) is 12.2 Å². The van der Waals surface area contributed by atoms with Crippen molar-refractivity contribution in [3.63, 3.8) is 0 Å². The van der Waals surface area contributed by atoms with Gasteiger partial charge in [0.05, 0.1) is 0 Å². The molecule has 43 valence electrons. The molecule has 0 unspecified atom stereocenters. The number of carbonyl (C=O) groups is 1. The average Bonchev–Trinajstić information content (AvgIpc) is 1.61. The smallest absolute Gasteiger partial charge is 0.235 e. The molecular weight excluding hydrogens is 108 g/mol. The van der Waals surface area contributed by atoms with Gasteiger partial charge in [0.15, 0.2) is 0 Å². The van der Waals surface area contributed by atoms with Gasteiger partial charge in [0.25, 0.3) is 0 Å². The summed E-state index contributed by atoms with van der Waals surface area (Å²) in [6.07, 6.45) is 0. The third-order valence-electron chi connectivity index (χ3n) is 0.399. The maximum atomic E-state index is 9.83. The second-order valence-corrected chi connectivity index (χ2v) is 1.13. The fourth-order valence-electron chi connectivity index (χ4n) is 0.160. The number of amides is 1. The summed E-state index contributed by atoms with van der Waals surface area (Å²) in [6.45, 7) is 2.50. The maximum Gasteiger partial charge on any atom is 0.235 e. The molecule has 0 aromatic heterocycles. The zero-order chi connectivity index (χ0) is 6.57. The molecule has 1 N–H and O–H groups in total. The van der Waals surface area contributed by atoms with Gasteiger partial charge in [0.2, 0.25) is 11.8 Å². The minimum absolute atomic E-state index is 0.373. The molecule has 0 saturated heterocycles. The fraction of sp³-hybridized carbons (Fsp3) is 0.250. The van der Waals surface area contributed by atoms with Gasteiger partial charge in [0.1, 0.15) is 6.92 Å². The van der Waals surface area contributed by atoms with Crippen LogP contribution in [-0.4, -0.2) is 18.3 Å². The Morgan fingerprint density at radius 1 is 1.75 bits per heavy atom. The number of carbonyl (C=O) groups excluding carboxylic acids is 1. The highest BCUT2D eigenvalue weighted by Crippen LogP contribution is 1.84. The summed E-state index contributed by atoms with van der Waals surface area (Å²) in [5.41, 5.74) is 0. The van der Waals surface area contributed by atoms with Gasteiger partial charge in [-0.25, -0.2) is 0 Å². The van der Waals surface area contributed by atoms with Crippen molar-refractivity contribution in [1.29, 1.82) is 5.41 Å². The summed E-state index contributed by atoms with van der Waals surface area (Å²) in [7, 11) is 0. The van der Waals surface area contributed by atoms with Gasteiger partial charge in [-0.1, -0.05) is 0 Å². The molecule has 8 heavy (non-hydrogen) atoms. The summed E-state index contributed by atoms with van der Waals surface area (Å²) < 4.78 is 0. The molecule has 0 fully saturated rings. The topological polar surface area (TPSA) is 74.9 Å². The third kappa shape index (κ3) is 4.81. The van der Waals surface area contributed by atoms with Crippen LogP contribution in [0.2, 0.25) is 0 Å². The maximum absolute atomic E-state index is 9.83. The van der Waals surface area contributed by atoms with Crippen molar-refractivity contribution in [2.45, 2.75) is 0 Å². The Morgan fingerprint density at radius 2 is 2.25 bits per heavy atom. The molecule has 0 aromatic rings. The molecule has 0 aliphatic rings. The monoisotopic (exact) mass is 113 g/mol. The lowest BCUT2D eigenvalue weighted by Gasteiger charge is -2.04. The van der Waals surface area contributed by atoms with E-state index < -0.39 is 11.8 Å². The fourth-order valence-corrected chi connectivity index (χ4v) is 0.160. The summed E-state index contributed by atoms with van der Waals surface area (Å²) in [6, 6.07) is 0. The number of rotatable bonds is 2. The Bertz CT molecular complexity index is 96.6. The van der Waals surface area contributed by atoms with Crippen LogP contribution in [-0.2, 0) is 9.90 Å². The SMILES string of the molecule is [CH2+]C(=O)[N-]CC(=N)[O]. The summed E-state index contributed by atoms with van der Waals surface area (Å²) in [5.74, 6) is -1.53. The van der Waals surface area contributed by atoms with E-state index >= 15 is 0 Å². The molecule has 4 heteroatoms. The van der Waals surface area contributed by atoms with E-state index in [1.54, 1.807) is 0 Å². The molecule has 4 nitrogen and oxygen atoms in total. The molecule has 0 aromatic carbocycles. The average molecular weight is 113 g/mol. The lowest BCUT2D eigenvalue weighted by Crippen LogP contribution is -2.01. The van der Waals surface area contributed by atoms with E-state index in [-0.39, 0.29) is 6.54 Å². The molecule has 0 bridgehead atoms. The van der Waals surface area contributed by atoms with Crippen molar-refractivity contribution in [2.24, 2.45) is 0 Å². The third-order valence-corrected chi connectivity index (χ3v) is 0.399. The lowest BCUT2D eigenvalue weighted by atomic mass is 10.6. The van der Waals surface area contributed by atoms with Crippen LogP contribution in [0.15, 0.2) is 0 Å². The Balaban J connectivity index is 3.18. The molecule has 0 saturated carbocycles. The van der Waals surface area contributed by atoms with E-state index in [4.69, 9.17) is 5.41 Å². The molecule has 0 rings (SSSR count). The van der Waals surface area contributed by atoms with Gasteiger partial charge in [-0.3, -0.25) is 15.3 Å². The Hall–Kier alpha value is -1.19.